The van der Waals surface area contributed by atoms with E-state index in [9.17, 15) is 4.79 Å². The summed E-state index contributed by atoms with van der Waals surface area (Å²) < 4.78 is 7.58. The summed E-state index contributed by atoms with van der Waals surface area (Å²) in [5.74, 6) is 0.383. The Morgan fingerprint density at radius 2 is 1.96 bits per heavy atom. The first kappa shape index (κ1) is 18.0. The number of halogens is 1. The zero-order chi connectivity index (χ0) is 18.5. The number of hydrogen-bond acceptors (Lipinski definition) is 3. The first-order chi connectivity index (χ1) is 12.5. The third-order valence-electron chi connectivity index (χ3n) is 4.03. The molecule has 1 N–H and O–H groups in total. The highest BCUT2D eigenvalue weighted by molar-refractivity contribution is 6.30. The second kappa shape index (κ2) is 8.06. The van der Waals surface area contributed by atoms with E-state index in [0.29, 0.717) is 10.8 Å². The molecule has 0 spiro atoms. The van der Waals surface area contributed by atoms with Crippen molar-refractivity contribution in [3.05, 3.63) is 77.8 Å². The quantitative estimate of drug-likeness (QED) is 0.709. The van der Waals surface area contributed by atoms with Crippen LogP contribution in [0.5, 0.6) is 5.75 Å². The highest BCUT2D eigenvalue weighted by Crippen LogP contribution is 2.19. The number of rotatable bonds is 6. The van der Waals surface area contributed by atoms with Crippen molar-refractivity contribution in [1.82, 2.24) is 14.9 Å². The van der Waals surface area contributed by atoms with E-state index in [4.69, 9.17) is 16.3 Å². The van der Waals surface area contributed by atoms with E-state index in [1.807, 2.05) is 42.0 Å². The number of nitrogens with zero attached hydrogens (tertiary/aromatic N) is 2. The van der Waals surface area contributed by atoms with E-state index >= 15 is 0 Å². The maximum absolute atomic E-state index is 12.4. The minimum absolute atomic E-state index is 0.134. The van der Waals surface area contributed by atoms with Crippen LogP contribution in [0.3, 0.4) is 0 Å². The molecule has 0 fully saturated rings. The molecule has 1 aromatic heterocycles. The van der Waals surface area contributed by atoms with Crippen LogP contribution < -0.4 is 10.1 Å². The van der Waals surface area contributed by atoms with Gasteiger partial charge in [0.2, 0.25) is 0 Å². The number of hydrogen-bond donors (Lipinski definition) is 1. The Morgan fingerprint density at radius 3 is 2.62 bits per heavy atom. The highest BCUT2D eigenvalue weighted by Gasteiger charge is 2.18. The average molecular weight is 370 g/mol. The summed E-state index contributed by atoms with van der Waals surface area (Å²) in [4.78, 5) is 16.4. The summed E-state index contributed by atoms with van der Waals surface area (Å²) in [6.07, 6.45) is 4.74. The monoisotopic (exact) mass is 369 g/mol. The number of ether oxygens (including phenoxy) is 1. The predicted molar refractivity (Wildman–Crippen MR) is 102 cm³/mol. The van der Waals surface area contributed by atoms with Crippen LogP contribution in [0.2, 0.25) is 5.02 Å². The van der Waals surface area contributed by atoms with Crippen LogP contribution in [-0.4, -0.2) is 21.6 Å². The molecule has 2 atom stereocenters. The smallest absolute Gasteiger partial charge is 0.261 e. The van der Waals surface area contributed by atoms with Crippen LogP contribution in [0, 0.1) is 0 Å². The summed E-state index contributed by atoms with van der Waals surface area (Å²) in [5, 5.41) is 3.54. The Hall–Kier alpha value is -2.79. The number of nitrogens with one attached hydrogen (secondary N) is 1. The van der Waals surface area contributed by atoms with Gasteiger partial charge < -0.3 is 14.6 Å². The van der Waals surface area contributed by atoms with Gasteiger partial charge in [-0.05, 0) is 49.7 Å². The van der Waals surface area contributed by atoms with Gasteiger partial charge in [0.1, 0.15) is 5.75 Å². The molecule has 0 aliphatic heterocycles. The molecule has 6 heteroatoms. The number of carbonyl (C=O) groups excluding carboxylic acids is 1. The Bertz CT molecular complexity index is 863. The van der Waals surface area contributed by atoms with Crippen LogP contribution in [-0.2, 0) is 4.79 Å². The van der Waals surface area contributed by atoms with Gasteiger partial charge in [-0.1, -0.05) is 29.8 Å². The van der Waals surface area contributed by atoms with Gasteiger partial charge in [-0.25, -0.2) is 4.98 Å². The lowest BCUT2D eigenvalue weighted by Crippen LogP contribution is -2.37. The van der Waals surface area contributed by atoms with Gasteiger partial charge in [0.05, 0.1) is 12.4 Å². The van der Waals surface area contributed by atoms with Gasteiger partial charge in [-0.2, -0.15) is 0 Å². The number of carbonyl (C=O) groups is 1. The minimum atomic E-state index is -0.624. The predicted octanol–water partition coefficient (Wildman–Crippen LogP) is 4.17. The molecular formula is C20H20ClN3O2. The molecule has 0 radical (unpaired) electrons. The first-order valence-corrected chi connectivity index (χ1v) is 8.71. The van der Waals surface area contributed by atoms with E-state index in [-0.39, 0.29) is 11.9 Å². The molecule has 2 unspecified atom stereocenters. The van der Waals surface area contributed by atoms with Crippen LogP contribution in [0.25, 0.3) is 5.69 Å². The molecule has 1 heterocycles. The molecule has 3 rings (SSSR count). The normalized spacial score (nSPS) is 13.0. The van der Waals surface area contributed by atoms with Crippen molar-refractivity contribution in [1.29, 1.82) is 0 Å². The van der Waals surface area contributed by atoms with E-state index < -0.39 is 6.10 Å². The van der Waals surface area contributed by atoms with Crippen molar-refractivity contribution in [3.8, 4) is 11.4 Å². The Balaban J connectivity index is 1.59. The third-order valence-corrected chi connectivity index (χ3v) is 4.27. The summed E-state index contributed by atoms with van der Waals surface area (Å²) in [5.41, 5.74) is 2.03. The summed E-state index contributed by atoms with van der Waals surface area (Å²) in [6.45, 7) is 3.65. The highest BCUT2D eigenvalue weighted by atomic mass is 35.5. The second-order valence-corrected chi connectivity index (χ2v) is 6.45. The second-order valence-electron chi connectivity index (χ2n) is 6.01. The van der Waals surface area contributed by atoms with Gasteiger partial charge in [0.15, 0.2) is 6.10 Å². The first-order valence-electron chi connectivity index (χ1n) is 8.34. The van der Waals surface area contributed by atoms with E-state index in [2.05, 4.69) is 10.3 Å². The van der Waals surface area contributed by atoms with Crippen molar-refractivity contribution in [3.63, 3.8) is 0 Å². The largest absolute Gasteiger partial charge is 0.481 e. The molecule has 26 heavy (non-hydrogen) atoms. The number of imidazole rings is 1. The van der Waals surface area contributed by atoms with E-state index in [1.54, 1.807) is 43.7 Å². The maximum atomic E-state index is 12.4. The summed E-state index contributed by atoms with van der Waals surface area (Å²) in [7, 11) is 0. The number of aromatic nitrogens is 2. The van der Waals surface area contributed by atoms with Gasteiger partial charge >= 0.3 is 0 Å². The fourth-order valence-corrected chi connectivity index (χ4v) is 2.74. The SMILES string of the molecule is CC(Oc1cccc(Cl)c1)C(=O)NC(C)c1ccc(-n2ccnc2)cc1. The standard InChI is InChI=1S/C20H20ClN3O2/c1-14(16-6-8-18(9-7-16)24-11-10-22-13-24)23-20(25)15(2)26-19-5-3-4-17(21)12-19/h3-15H,1-2H3,(H,23,25). The van der Waals surface area contributed by atoms with Crippen molar-refractivity contribution < 1.29 is 9.53 Å². The molecule has 0 aliphatic carbocycles. The van der Waals surface area contributed by atoms with Gasteiger partial charge in [0, 0.05) is 23.1 Å². The van der Waals surface area contributed by atoms with E-state index in [1.165, 1.54) is 0 Å². The third kappa shape index (κ3) is 4.43. The molecule has 0 aliphatic rings. The fraction of sp³-hybridized carbons (Fsp3) is 0.200. The summed E-state index contributed by atoms with van der Waals surface area (Å²) >= 11 is 5.94. The van der Waals surface area contributed by atoms with Crippen LogP contribution in [0.15, 0.2) is 67.3 Å². The zero-order valence-electron chi connectivity index (χ0n) is 14.6. The maximum Gasteiger partial charge on any atom is 0.261 e. The van der Waals surface area contributed by atoms with Crippen molar-refractivity contribution in [2.75, 3.05) is 0 Å². The van der Waals surface area contributed by atoms with Gasteiger partial charge in [0.25, 0.3) is 5.91 Å². The van der Waals surface area contributed by atoms with Crippen molar-refractivity contribution >= 4 is 17.5 Å². The molecule has 1 amide bonds. The fourth-order valence-electron chi connectivity index (χ4n) is 2.56. The number of amides is 1. The van der Waals surface area contributed by atoms with Gasteiger partial charge in [-0.3, -0.25) is 4.79 Å². The lowest BCUT2D eigenvalue weighted by molar-refractivity contribution is -0.127. The minimum Gasteiger partial charge on any atom is -0.481 e. The van der Waals surface area contributed by atoms with Crippen LogP contribution in [0.1, 0.15) is 25.5 Å². The van der Waals surface area contributed by atoms with Gasteiger partial charge in [-0.15, -0.1) is 0 Å². The molecular weight excluding hydrogens is 350 g/mol. The lowest BCUT2D eigenvalue weighted by Gasteiger charge is -2.19. The molecule has 5 nitrogen and oxygen atoms in total. The average Bonchev–Trinajstić information content (AvgIpc) is 3.16. The topological polar surface area (TPSA) is 56.1 Å². The summed E-state index contributed by atoms with van der Waals surface area (Å²) in [6, 6.07) is 14.8. The Labute approximate surface area is 157 Å². The molecule has 0 saturated carbocycles. The molecule has 0 saturated heterocycles. The zero-order valence-corrected chi connectivity index (χ0v) is 15.4. The molecule has 3 aromatic rings. The van der Waals surface area contributed by atoms with Crippen molar-refractivity contribution in [2.45, 2.75) is 26.0 Å². The lowest BCUT2D eigenvalue weighted by atomic mass is 10.1. The molecule has 134 valence electrons. The Kier molecular flexibility index (Phi) is 5.58. The number of benzene rings is 2. The molecule has 0 bridgehead atoms. The van der Waals surface area contributed by atoms with E-state index in [0.717, 1.165) is 11.3 Å². The molecule has 2 aromatic carbocycles. The van der Waals surface area contributed by atoms with Crippen LogP contribution >= 0.6 is 11.6 Å². The Morgan fingerprint density at radius 1 is 1.19 bits per heavy atom. The van der Waals surface area contributed by atoms with Crippen molar-refractivity contribution in [2.24, 2.45) is 0 Å². The van der Waals surface area contributed by atoms with Crippen LogP contribution in [0.4, 0.5) is 0 Å².